The van der Waals surface area contributed by atoms with Crippen molar-refractivity contribution in [2.45, 2.75) is 45.1 Å². The number of hydrogen-bond acceptors (Lipinski definition) is 2. The van der Waals surface area contributed by atoms with E-state index in [0.717, 1.165) is 45.7 Å². The summed E-state index contributed by atoms with van der Waals surface area (Å²) in [4.78, 5) is 0. The number of para-hydroxylation sites is 1. The van der Waals surface area contributed by atoms with Gasteiger partial charge in [0.25, 0.3) is 0 Å². The Morgan fingerprint density at radius 3 is 2.37 bits per heavy atom. The average molecular weight is 427 g/mol. The normalized spacial score (nSPS) is 13.6. The molecule has 0 fully saturated rings. The molecule has 156 valence electrons. The van der Waals surface area contributed by atoms with Crippen molar-refractivity contribution in [2.75, 3.05) is 5.23 Å². The average Bonchev–Trinajstić information content (AvgIpc) is 3.24. The van der Waals surface area contributed by atoms with Crippen molar-refractivity contribution in [1.29, 1.82) is 0 Å². The van der Waals surface area contributed by atoms with Crippen LogP contribution in [0, 0.1) is 0 Å². The summed E-state index contributed by atoms with van der Waals surface area (Å²) < 4.78 is 42.7. The number of nitrogens with zero attached hydrogens (tertiary/aromatic N) is 2. The summed E-state index contributed by atoms with van der Waals surface area (Å²) in [6.07, 6.45) is -2.61. The van der Waals surface area contributed by atoms with Crippen molar-refractivity contribution in [3.05, 3.63) is 60.3 Å². The van der Waals surface area contributed by atoms with Crippen molar-refractivity contribution in [1.82, 2.24) is 9.69 Å². The molecule has 1 aromatic heterocycles. The van der Waals surface area contributed by atoms with Crippen LogP contribution in [0.2, 0.25) is 18.1 Å². The molecule has 8 heteroatoms. The minimum Gasteiger partial charge on any atom is -0.404 e. The first-order valence-electron chi connectivity index (χ1n) is 10.5. The van der Waals surface area contributed by atoms with Gasteiger partial charge in [-0.25, -0.2) is 0 Å². The van der Waals surface area contributed by atoms with Gasteiger partial charge in [0.2, 0.25) is 0 Å². The van der Waals surface area contributed by atoms with Gasteiger partial charge in [-0.15, -0.1) is 0 Å². The molecule has 0 saturated carbocycles. The Morgan fingerprint density at radius 2 is 1.70 bits per heavy atom. The monoisotopic (exact) mass is 427 g/mol. The lowest BCUT2D eigenvalue weighted by Gasteiger charge is -2.35. The molecule has 1 aliphatic heterocycles. The Morgan fingerprint density at radius 1 is 1.00 bits per heavy atom. The Bertz CT molecular complexity index is 1050. The van der Waals surface area contributed by atoms with Crippen LogP contribution in [0.4, 0.5) is 18.9 Å². The van der Waals surface area contributed by atoms with Crippen LogP contribution in [0.3, 0.4) is 0 Å². The van der Waals surface area contributed by atoms with Crippen LogP contribution < -0.4 is 15.9 Å². The lowest BCUT2D eigenvalue weighted by molar-refractivity contribution is -0.137. The predicted octanol–water partition coefficient (Wildman–Crippen LogP) is 4.95. The van der Waals surface area contributed by atoms with E-state index in [0.29, 0.717) is 0 Å². The third-order valence-corrected chi connectivity index (χ3v) is 12.3. The van der Waals surface area contributed by atoms with E-state index in [2.05, 4.69) is 31.1 Å². The smallest absolute Gasteiger partial charge is 0.404 e. The zero-order valence-electron chi connectivity index (χ0n) is 17.4. The number of nitrogens with one attached hydrogen (secondary N) is 1. The maximum Gasteiger partial charge on any atom is 0.430 e. The van der Waals surface area contributed by atoms with Gasteiger partial charge in [0.1, 0.15) is 0 Å². The molecule has 1 N–H and O–H groups in total. The molecule has 2 heterocycles. The Labute approximate surface area is 176 Å². The molecular formula is C22H25BF3N3Si. The lowest BCUT2D eigenvalue weighted by Crippen LogP contribution is -2.62. The molecule has 0 radical (unpaired) electrons. The van der Waals surface area contributed by atoms with Gasteiger partial charge in [-0.2, -0.15) is 18.3 Å². The predicted molar refractivity (Wildman–Crippen MR) is 120 cm³/mol. The number of aromatic nitrogens is 2. The third-order valence-electron chi connectivity index (χ3n) is 6.69. The fourth-order valence-electron chi connectivity index (χ4n) is 4.74. The number of rotatable bonds is 5. The zero-order chi connectivity index (χ0) is 21.5. The number of alkyl halides is 3. The number of anilines is 1. The van der Waals surface area contributed by atoms with Gasteiger partial charge in [0.05, 0.1) is 19.3 Å². The van der Waals surface area contributed by atoms with E-state index in [-0.39, 0.29) is 6.98 Å². The van der Waals surface area contributed by atoms with Crippen molar-refractivity contribution >= 4 is 31.4 Å². The Balaban J connectivity index is 1.94. The van der Waals surface area contributed by atoms with Crippen LogP contribution in [0.5, 0.6) is 0 Å². The van der Waals surface area contributed by atoms with Gasteiger partial charge in [0, 0.05) is 17.4 Å². The molecule has 4 rings (SSSR count). The minimum absolute atomic E-state index is 0.335. The van der Waals surface area contributed by atoms with E-state index in [1.807, 2.05) is 34.9 Å². The summed E-state index contributed by atoms with van der Waals surface area (Å²) in [5.74, 6) is 0. The number of fused-ring (bicyclic) bond motifs is 3. The standard InChI is InChI=1S/C22H25BF3N3Si/c1-4-30(5-2,6-3)21-15-16(22(24,25)26)11-12-18(21)23-28-19-10-8-7-9-17(19)20-13-14-27-29(20)23/h7-15,28H,4-6H2,1-3H3. The molecule has 30 heavy (non-hydrogen) atoms. The lowest BCUT2D eigenvalue weighted by atomic mass is 9.66. The SMILES string of the molecule is CC[Si](CC)(CC)c1cc(C(F)(F)F)ccc1B1Nc2ccccc2-c2ccnn21. The van der Waals surface area contributed by atoms with Crippen LogP contribution in [-0.4, -0.2) is 24.7 Å². The highest BCUT2D eigenvalue weighted by atomic mass is 28.3. The number of halogens is 3. The fourth-order valence-corrected chi connectivity index (χ4v) is 8.67. The van der Waals surface area contributed by atoms with Crippen molar-refractivity contribution in [3.63, 3.8) is 0 Å². The van der Waals surface area contributed by atoms with Gasteiger partial charge in [-0.05, 0) is 17.6 Å². The van der Waals surface area contributed by atoms with E-state index in [1.54, 1.807) is 12.3 Å². The maximum absolute atomic E-state index is 13.6. The van der Waals surface area contributed by atoms with Gasteiger partial charge in [0.15, 0.2) is 0 Å². The largest absolute Gasteiger partial charge is 0.430 e. The first kappa shape index (κ1) is 20.8. The van der Waals surface area contributed by atoms with Crippen molar-refractivity contribution in [2.24, 2.45) is 0 Å². The molecule has 2 aromatic carbocycles. The second kappa shape index (κ2) is 7.65. The van der Waals surface area contributed by atoms with Crippen LogP contribution in [0.1, 0.15) is 26.3 Å². The minimum atomic E-state index is -4.36. The molecule has 0 bridgehead atoms. The highest BCUT2D eigenvalue weighted by molar-refractivity contribution is 6.96. The molecule has 0 saturated heterocycles. The van der Waals surface area contributed by atoms with E-state index >= 15 is 0 Å². The van der Waals surface area contributed by atoms with Gasteiger partial charge in [-0.3, -0.25) is 4.59 Å². The Hall–Kier alpha value is -2.48. The molecule has 0 spiro atoms. The van der Waals surface area contributed by atoms with Crippen LogP contribution in [-0.2, 0) is 6.18 Å². The van der Waals surface area contributed by atoms with Gasteiger partial charge >= 0.3 is 13.2 Å². The number of benzene rings is 2. The van der Waals surface area contributed by atoms with Crippen LogP contribution in [0.15, 0.2) is 54.7 Å². The molecule has 1 aliphatic rings. The first-order chi connectivity index (χ1) is 14.3. The molecule has 0 amide bonds. The highest BCUT2D eigenvalue weighted by Crippen LogP contribution is 2.33. The third kappa shape index (κ3) is 3.27. The fraction of sp³-hybridized carbons (Fsp3) is 0.318. The van der Waals surface area contributed by atoms with E-state index < -0.39 is 19.8 Å². The maximum atomic E-state index is 13.6. The van der Waals surface area contributed by atoms with Gasteiger partial charge < -0.3 is 5.23 Å². The second-order valence-electron chi connectivity index (χ2n) is 7.89. The van der Waals surface area contributed by atoms with Crippen LogP contribution >= 0.6 is 0 Å². The van der Waals surface area contributed by atoms with E-state index in [9.17, 15) is 13.2 Å². The zero-order valence-corrected chi connectivity index (χ0v) is 18.4. The van der Waals surface area contributed by atoms with Crippen molar-refractivity contribution in [3.8, 4) is 11.3 Å². The first-order valence-corrected chi connectivity index (χ1v) is 13.1. The summed E-state index contributed by atoms with van der Waals surface area (Å²) in [5.41, 5.74) is 3.32. The summed E-state index contributed by atoms with van der Waals surface area (Å²) >= 11 is 0. The van der Waals surface area contributed by atoms with Crippen molar-refractivity contribution < 1.29 is 13.2 Å². The molecule has 3 aromatic rings. The highest BCUT2D eigenvalue weighted by Gasteiger charge is 2.40. The van der Waals surface area contributed by atoms with Crippen LogP contribution in [0.25, 0.3) is 11.3 Å². The summed E-state index contributed by atoms with van der Waals surface area (Å²) in [7, 11) is -2.11. The second-order valence-corrected chi connectivity index (χ2v) is 13.1. The molecule has 0 unspecified atom stereocenters. The molecule has 3 nitrogen and oxygen atoms in total. The summed E-state index contributed by atoms with van der Waals surface area (Å²) in [6, 6.07) is 17.0. The Kier molecular flexibility index (Phi) is 5.30. The topological polar surface area (TPSA) is 29.9 Å². The van der Waals surface area contributed by atoms with E-state index in [1.165, 1.54) is 12.1 Å². The molecule has 0 aliphatic carbocycles. The summed E-state index contributed by atoms with van der Waals surface area (Å²) in [6.45, 7) is 6.02. The number of hydrogen-bond donors (Lipinski definition) is 1. The van der Waals surface area contributed by atoms with Gasteiger partial charge in [-0.1, -0.05) is 80.5 Å². The quantitative estimate of drug-likeness (QED) is 0.584. The summed E-state index contributed by atoms with van der Waals surface area (Å²) in [5, 5.41) is 8.96. The molecule has 0 atom stereocenters. The molecular weight excluding hydrogens is 402 g/mol. The van der Waals surface area contributed by atoms with E-state index in [4.69, 9.17) is 0 Å².